The predicted octanol–water partition coefficient (Wildman–Crippen LogP) is 2.80. The summed E-state index contributed by atoms with van der Waals surface area (Å²) in [5.74, 6) is 0.866. The van der Waals surface area contributed by atoms with Gasteiger partial charge in [-0.15, -0.1) is 0 Å². The van der Waals surface area contributed by atoms with Crippen molar-refractivity contribution >= 4 is 5.69 Å². The normalized spacial score (nSPS) is 20.7. The Morgan fingerprint density at radius 1 is 1.38 bits per heavy atom. The number of hydrogen-bond donors (Lipinski definition) is 2. The molecule has 0 bridgehead atoms. The van der Waals surface area contributed by atoms with Crippen molar-refractivity contribution in [1.82, 2.24) is 5.32 Å². The molecule has 1 aromatic carbocycles. The van der Waals surface area contributed by atoms with Crippen molar-refractivity contribution in [3.63, 3.8) is 0 Å². The van der Waals surface area contributed by atoms with Gasteiger partial charge in [0.25, 0.3) is 0 Å². The Balaban J connectivity index is 1.73. The van der Waals surface area contributed by atoms with Gasteiger partial charge >= 0.3 is 0 Å². The molecular formula is C14H22N2. The maximum Gasteiger partial charge on any atom is 0.0369 e. The van der Waals surface area contributed by atoms with Crippen molar-refractivity contribution in [2.24, 2.45) is 5.92 Å². The van der Waals surface area contributed by atoms with E-state index in [1.807, 2.05) is 0 Å². The number of piperidine rings is 1. The largest absolute Gasteiger partial charge is 0.385 e. The molecule has 16 heavy (non-hydrogen) atoms. The second-order valence-corrected chi connectivity index (χ2v) is 4.74. The second-order valence-electron chi connectivity index (χ2n) is 4.74. The van der Waals surface area contributed by atoms with E-state index in [0.29, 0.717) is 0 Å². The van der Waals surface area contributed by atoms with Crippen molar-refractivity contribution < 1.29 is 0 Å². The number of rotatable bonds is 4. The quantitative estimate of drug-likeness (QED) is 0.812. The molecule has 0 radical (unpaired) electrons. The van der Waals surface area contributed by atoms with Gasteiger partial charge in [0.2, 0.25) is 0 Å². The summed E-state index contributed by atoms with van der Waals surface area (Å²) in [5.41, 5.74) is 2.62. The molecule has 2 rings (SSSR count). The maximum absolute atomic E-state index is 3.53. The molecule has 2 N–H and O–H groups in total. The summed E-state index contributed by atoms with van der Waals surface area (Å²) in [6, 6.07) is 8.50. The van der Waals surface area contributed by atoms with E-state index in [4.69, 9.17) is 0 Å². The number of para-hydroxylation sites is 1. The molecule has 0 amide bonds. The SMILES string of the molecule is Cc1ccccc1NCCC1CCCNC1. The van der Waals surface area contributed by atoms with Gasteiger partial charge in [-0.2, -0.15) is 0 Å². The van der Waals surface area contributed by atoms with Gasteiger partial charge in [0.15, 0.2) is 0 Å². The standard InChI is InChI=1S/C14H22N2/c1-12-5-2-3-7-14(12)16-10-8-13-6-4-9-15-11-13/h2-3,5,7,13,15-16H,4,6,8-11H2,1H3. The minimum Gasteiger partial charge on any atom is -0.385 e. The third-order valence-electron chi connectivity index (χ3n) is 3.41. The highest BCUT2D eigenvalue weighted by atomic mass is 14.9. The lowest BCUT2D eigenvalue weighted by Gasteiger charge is -2.23. The number of nitrogens with one attached hydrogen (secondary N) is 2. The Morgan fingerprint density at radius 3 is 3.00 bits per heavy atom. The molecule has 1 heterocycles. The minimum atomic E-state index is 0.866. The van der Waals surface area contributed by atoms with Crippen LogP contribution in [0, 0.1) is 12.8 Å². The molecule has 1 fully saturated rings. The summed E-state index contributed by atoms with van der Waals surface area (Å²) in [6.07, 6.45) is 4.01. The lowest BCUT2D eigenvalue weighted by Crippen LogP contribution is -2.30. The average molecular weight is 218 g/mol. The zero-order valence-corrected chi connectivity index (χ0v) is 10.1. The topological polar surface area (TPSA) is 24.1 Å². The molecule has 0 aromatic heterocycles. The van der Waals surface area contributed by atoms with Crippen LogP contribution in [-0.2, 0) is 0 Å². The first-order valence-corrected chi connectivity index (χ1v) is 6.36. The molecule has 2 nitrogen and oxygen atoms in total. The summed E-state index contributed by atoms with van der Waals surface area (Å²) >= 11 is 0. The summed E-state index contributed by atoms with van der Waals surface area (Å²) in [4.78, 5) is 0. The van der Waals surface area contributed by atoms with Gasteiger partial charge in [0.05, 0.1) is 0 Å². The van der Waals surface area contributed by atoms with Crippen LogP contribution in [0.25, 0.3) is 0 Å². The molecule has 1 aliphatic heterocycles. The lowest BCUT2D eigenvalue weighted by molar-refractivity contribution is 0.364. The highest BCUT2D eigenvalue weighted by molar-refractivity contribution is 5.50. The Bertz CT molecular complexity index is 316. The van der Waals surface area contributed by atoms with Crippen molar-refractivity contribution in [1.29, 1.82) is 0 Å². The molecule has 0 aliphatic carbocycles. The smallest absolute Gasteiger partial charge is 0.0369 e. The predicted molar refractivity (Wildman–Crippen MR) is 69.9 cm³/mol. The van der Waals surface area contributed by atoms with E-state index in [9.17, 15) is 0 Å². The van der Waals surface area contributed by atoms with Crippen LogP contribution >= 0.6 is 0 Å². The van der Waals surface area contributed by atoms with Crippen LogP contribution in [0.2, 0.25) is 0 Å². The van der Waals surface area contributed by atoms with Crippen LogP contribution in [0.3, 0.4) is 0 Å². The zero-order valence-electron chi connectivity index (χ0n) is 10.1. The van der Waals surface area contributed by atoms with E-state index in [0.717, 1.165) is 12.5 Å². The van der Waals surface area contributed by atoms with Crippen LogP contribution < -0.4 is 10.6 Å². The summed E-state index contributed by atoms with van der Waals surface area (Å²) in [5, 5.41) is 7.00. The van der Waals surface area contributed by atoms with Crippen molar-refractivity contribution in [3.05, 3.63) is 29.8 Å². The molecular weight excluding hydrogens is 196 g/mol. The lowest BCUT2D eigenvalue weighted by atomic mass is 9.96. The van der Waals surface area contributed by atoms with Gasteiger partial charge < -0.3 is 10.6 Å². The number of benzene rings is 1. The van der Waals surface area contributed by atoms with E-state index in [1.165, 1.54) is 43.6 Å². The molecule has 2 heteroatoms. The first-order valence-electron chi connectivity index (χ1n) is 6.36. The summed E-state index contributed by atoms with van der Waals surface area (Å²) < 4.78 is 0. The van der Waals surface area contributed by atoms with Crippen LogP contribution in [-0.4, -0.2) is 19.6 Å². The third kappa shape index (κ3) is 3.24. The molecule has 1 atom stereocenters. The van der Waals surface area contributed by atoms with Gasteiger partial charge in [0, 0.05) is 12.2 Å². The Labute approximate surface area is 98.4 Å². The van der Waals surface area contributed by atoms with Gasteiger partial charge in [0.1, 0.15) is 0 Å². The average Bonchev–Trinajstić information content (AvgIpc) is 2.33. The van der Waals surface area contributed by atoms with Gasteiger partial charge in [-0.25, -0.2) is 0 Å². The van der Waals surface area contributed by atoms with E-state index in [1.54, 1.807) is 0 Å². The van der Waals surface area contributed by atoms with E-state index >= 15 is 0 Å². The monoisotopic (exact) mass is 218 g/mol. The van der Waals surface area contributed by atoms with Crippen molar-refractivity contribution in [3.8, 4) is 0 Å². The fourth-order valence-corrected chi connectivity index (χ4v) is 2.35. The number of anilines is 1. The van der Waals surface area contributed by atoms with Crippen LogP contribution in [0.4, 0.5) is 5.69 Å². The van der Waals surface area contributed by atoms with E-state index in [2.05, 4.69) is 41.8 Å². The van der Waals surface area contributed by atoms with Crippen molar-refractivity contribution in [2.75, 3.05) is 25.0 Å². The Morgan fingerprint density at radius 2 is 2.25 bits per heavy atom. The second kappa shape index (κ2) is 5.90. The molecule has 1 unspecified atom stereocenters. The van der Waals surface area contributed by atoms with Gasteiger partial charge in [-0.3, -0.25) is 0 Å². The van der Waals surface area contributed by atoms with Gasteiger partial charge in [-0.1, -0.05) is 18.2 Å². The molecule has 1 saturated heterocycles. The van der Waals surface area contributed by atoms with E-state index in [-0.39, 0.29) is 0 Å². The van der Waals surface area contributed by atoms with E-state index < -0.39 is 0 Å². The van der Waals surface area contributed by atoms with Crippen molar-refractivity contribution in [2.45, 2.75) is 26.2 Å². The minimum absolute atomic E-state index is 0.866. The Kier molecular flexibility index (Phi) is 4.23. The van der Waals surface area contributed by atoms with Crippen LogP contribution in [0.1, 0.15) is 24.8 Å². The summed E-state index contributed by atoms with van der Waals surface area (Å²) in [6.45, 7) is 5.67. The first-order chi connectivity index (χ1) is 7.86. The molecule has 1 aromatic rings. The molecule has 1 aliphatic rings. The first kappa shape index (κ1) is 11.5. The zero-order chi connectivity index (χ0) is 11.2. The van der Waals surface area contributed by atoms with Crippen LogP contribution in [0.5, 0.6) is 0 Å². The third-order valence-corrected chi connectivity index (χ3v) is 3.41. The maximum atomic E-state index is 3.53. The Hall–Kier alpha value is -1.02. The molecule has 0 spiro atoms. The number of hydrogen-bond acceptors (Lipinski definition) is 2. The van der Waals surface area contributed by atoms with Crippen LogP contribution in [0.15, 0.2) is 24.3 Å². The summed E-state index contributed by atoms with van der Waals surface area (Å²) in [7, 11) is 0. The fourth-order valence-electron chi connectivity index (χ4n) is 2.35. The molecule has 88 valence electrons. The fraction of sp³-hybridized carbons (Fsp3) is 0.571. The van der Waals surface area contributed by atoms with Gasteiger partial charge in [-0.05, 0) is 56.8 Å². The highest BCUT2D eigenvalue weighted by Gasteiger charge is 2.11. The molecule has 0 saturated carbocycles. The number of aryl methyl sites for hydroxylation is 1. The highest BCUT2D eigenvalue weighted by Crippen LogP contribution is 2.16.